The molecule has 1 aromatic heterocycles. The molecule has 0 spiro atoms. The van der Waals surface area contributed by atoms with Crippen LogP contribution in [0.25, 0.3) is 0 Å². The van der Waals surface area contributed by atoms with Gasteiger partial charge in [0, 0.05) is 13.0 Å². The van der Waals surface area contributed by atoms with E-state index in [2.05, 4.69) is 15.4 Å². The van der Waals surface area contributed by atoms with Crippen molar-refractivity contribution in [1.82, 2.24) is 20.1 Å². The SMILES string of the molecule is O=C(CCCn1cncn1)NC1CCCCC1Oc1ccccc1. The molecule has 1 amide bonds. The van der Waals surface area contributed by atoms with Gasteiger partial charge >= 0.3 is 0 Å². The predicted octanol–water partition coefficient (Wildman–Crippen LogP) is 2.56. The lowest BCUT2D eigenvalue weighted by Gasteiger charge is -2.32. The fraction of sp³-hybridized carbons (Fsp3) is 0.500. The maximum atomic E-state index is 12.2. The van der Waals surface area contributed by atoms with Crippen LogP contribution in [0.4, 0.5) is 0 Å². The highest BCUT2D eigenvalue weighted by molar-refractivity contribution is 5.76. The van der Waals surface area contributed by atoms with E-state index in [4.69, 9.17) is 4.74 Å². The maximum absolute atomic E-state index is 12.2. The van der Waals surface area contributed by atoms with Gasteiger partial charge in [-0.2, -0.15) is 5.10 Å². The van der Waals surface area contributed by atoms with Gasteiger partial charge < -0.3 is 10.1 Å². The first-order valence-corrected chi connectivity index (χ1v) is 8.65. The van der Waals surface area contributed by atoms with Crippen molar-refractivity contribution in [2.75, 3.05) is 0 Å². The number of aryl methyl sites for hydroxylation is 1. The van der Waals surface area contributed by atoms with Crippen molar-refractivity contribution in [2.24, 2.45) is 0 Å². The third-order valence-corrected chi connectivity index (χ3v) is 4.34. The highest BCUT2D eigenvalue weighted by atomic mass is 16.5. The van der Waals surface area contributed by atoms with E-state index in [0.717, 1.165) is 37.9 Å². The molecule has 0 saturated heterocycles. The summed E-state index contributed by atoms with van der Waals surface area (Å²) in [6, 6.07) is 9.93. The Morgan fingerprint density at radius 3 is 2.88 bits per heavy atom. The van der Waals surface area contributed by atoms with Crippen molar-refractivity contribution in [3.05, 3.63) is 43.0 Å². The van der Waals surface area contributed by atoms with Gasteiger partial charge in [-0.15, -0.1) is 0 Å². The van der Waals surface area contributed by atoms with E-state index in [1.165, 1.54) is 6.33 Å². The summed E-state index contributed by atoms with van der Waals surface area (Å²) in [6.07, 6.45) is 8.73. The van der Waals surface area contributed by atoms with Crippen molar-refractivity contribution in [2.45, 2.75) is 57.2 Å². The topological polar surface area (TPSA) is 69.0 Å². The average molecular weight is 328 g/mol. The Kier molecular flexibility index (Phi) is 5.82. The highest BCUT2D eigenvalue weighted by Crippen LogP contribution is 2.24. The number of benzene rings is 1. The van der Waals surface area contributed by atoms with E-state index in [1.54, 1.807) is 11.0 Å². The van der Waals surface area contributed by atoms with Gasteiger partial charge in [-0.25, -0.2) is 4.98 Å². The standard InChI is InChI=1S/C18H24N4O2/c23-18(11-6-12-22-14-19-13-20-22)21-16-9-4-5-10-17(16)24-15-7-2-1-3-8-15/h1-3,7-8,13-14,16-17H,4-6,9-12H2,(H,21,23). The zero-order chi connectivity index (χ0) is 16.6. The minimum atomic E-state index is 0.0559. The lowest BCUT2D eigenvalue weighted by Crippen LogP contribution is -2.47. The second kappa shape index (κ2) is 8.47. The Hall–Kier alpha value is -2.37. The first-order chi connectivity index (χ1) is 11.8. The summed E-state index contributed by atoms with van der Waals surface area (Å²) in [5.74, 6) is 0.957. The smallest absolute Gasteiger partial charge is 0.220 e. The summed E-state index contributed by atoms with van der Waals surface area (Å²) < 4.78 is 7.84. The van der Waals surface area contributed by atoms with E-state index in [-0.39, 0.29) is 18.1 Å². The molecule has 1 fully saturated rings. The van der Waals surface area contributed by atoms with Crippen LogP contribution in [-0.2, 0) is 11.3 Å². The predicted molar refractivity (Wildman–Crippen MR) is 90.5 cm³/mol. The van der Waals surface area contributed by atoms with E-state index in [0.29, 0.717) is 13.0 Å². The number of hydrogen-bond acceptors (Lipinski definition) is 4. The van der Waals surface area contributed by atoms with E-state index < -0.39 is 0 Å². The van der Waals surface area contributed by atoms with Gasteiger partial charge in [0.05, 0.1) is 6.04 Å². The molecule has 1 aromatic carbocycles. The third-order valence-electron chi connectivity index (χ3n) is 4.34. The quantitative estimate of drug-likeness (QED) is 0.848. The molecule has 1 aliphatic rings. The molecule has 1 N–H and O–H groups in total. The van der Waals surface area contributed by atoms with Gasteiger partial charge in [0.2, 0.25) is 5.91 Å². The molecule has 2 aromatic rings. The summed E-state index contributed by atoms with van der Waals surface area (Å²) in [6.45, 7) is 0.710. The van der Waals surface area contributed by atoms with Crippen LogP contribution in [-0.4, -0.2) is 32.8 Å². The van der Waals surface area contributed by atoms with E-state index >= 15 is 0 Å². The van der Waals surface area contributed by atoms with Crippen molar-refractivity contribution in [1.29, 1.82) is 0 Å². The lowest BCUT2D eigenvalue weighted by molar-refractivity contribution is -0.123. The summed E-state index contributed by atoms with van der Waals surface area (Å²) >= 11 is 0. The summed E-state index contributed by atoms with van der Waals surface area (Å²) in [7, 11) is 0. The van der Waals surface area contributed by atoms with Crippen LogP contribution in [0.1, 0.15) is 38.5 Å². The molecular weight excluding hydrogens is 304 g/mol. The number of carbonyl (C=O) groups excluding carboxylic acids is 1. The van der Waals surface area contributed by atoms with Crippen LogP contribution in [0.2, 0.25) is 0 Å². The number of nitrogens with one attached hydrogen (secondary N) is 1. The van der Waals surface area contributed by atoms with Gasteiger partial charge in [0.25, 0.3) is 0 Å². The van der Waals surface area contributed by atoms with Gasteiger partial charge in [0.15, 0.2) is 0 Å². The Morgan fingerprint density at radius 2 is 2.08 bits per heavy atom. The normalized spacial score (nSPS) is 20.5. The van der Waals surface area contributed by atoms with Gasteiger partial charge in [-0.05, 0) is 37.8 Å². The first-order valence-electron chi connectivity index (χ1n) is 8.65. The molecule has 0 radical (unpaired) electrons. The van der Waals surface area contributed by atoms with Crippen molar-refractivity contribution < 1.29 is 9.53 Å². The molecule has 1 aliphatic carbocycles. The number of hydrogen-bond donors (Lipinski definition) is 1. The van der Waals surface area contributed by atoms with E-state index in [9.17, 15) is 4.79 Å². The number of rotatable bonds is 7. The molecule has 1 saturated carbocycles. The average Bonchev–Trinajstić information content (AvgIpc) is 3.11. The largest absolute Gasteiger partial charge is 0.488 e. The lowest BCUT2D eigenvalue weighted by atomic mass is 9.92. The number of nitrogens with zero attached hydrogens (tertiary/aromatic N) is 3. The van der Waals surface area contributed by atoms with Gasteiger partial charge in [-0.1, -0.05) is 24.6 Å². The second-order valence-electron chi connectivity index (χ2n) is 6.19. The van der Waals surface area contributed by atoms with Crippen LogP contribution in [0.5, 0.6) is 5.75 Å². The summed E-state index contributed by atoms with van der Waals surface area (Å²) in [4.78, 5) is 16.1. The maximum Gasteiger partial charge on any atom is 0.220 e. The van der Waals surface area contributed by atoms with Crippen molar-refractivity contribution >= 4 is 5.91 Å². The van der Waals surface area contributed by atoms with Crippen LogP contribution in [0.3, 0.4) is 0 Å². The van der Waals surface area contributed by atoms with Crippen LogP contribution < -0.4 is 10.1 Å². The number of aromatic nitrogens is 3. The summed E-state index contributed by atoms with van der Waals surface area (Å²) in [5.41, 5.74) is 0. The molecule has 6 heteroatoms. The van der Waals surface area contributed by atoms with Crippen molar-refractivity contribution in [3.8, 4) is 5.75 Å². The number of ether oxygens (including phenoxy) is 1. The monoisotopic (exact) mass is 328 g/mol. The van der Waals surface area contributed by atoms with Crippen LogP contribution in [0, 0.1) is 0 Å². The third kappa shape index (κ3) is 4.81. The Labute approximate surface area is 142 Å². The summed E-state index contributed by atoms with van der Waals surface area (Å²) in [5, 5.41) is 7.20. The molecule has 24 heavy (non-hydrogen) atoms. The zero-order valence-corrected chi connectivity index (χ0v) is 13.8. The fourth-order valence-electron chi connectivity index (χ4n) is 3.11. The molecule has 0 aliphatic heterocycles. The molecule has 2 unspecified atom stereocenters. The number of amides is 1. The number of para-hydroxylation sites is 1. The first kappa shape index (κ1) is 16.5. The molecule has 128 valence electrons. The second-order valence-corrected chi connectivity index (χ2v) is 6.19. The molecule has 3 rings (SSSR count). The fourth-order valence-corrected chi connectivity index (χ4v) is 3.11. The van der Waals surface area contributed by atoms with E-state index in [1.807, 2.05) is 30.3 Å². The minimum Gasteiger partial charge on any atom is -0.488 e. The highest BCUT2D eigenvalue weighted by Gasteiger charge is 2.28. The molecule has 0 bridgehead atoms. The number of carbonyl (C=O) groups is 1. The van der Waals surface area contributed by atoms with Gasteiger partial charge in [0.1, 0.15) is 24.5 Å². The Bertz CT molecular complexity index is 615. The van der Waals surface area contributed by atoms with Gasteiger partial charge in [-0.3, -0.25) is 9.48 Å². The Balaban J connectivity index is 1.47. The van der Waals surface area contributed by atoms with Crippen LogP contribution in [0.15, 0.2) is 43.0 Å². The molecule has 2 atom stereocenters. The molecular formula is C18H24N4O2. The molecule has 6 nitrogen and oxygen atoms in total. The minimum absolute atomic E-state index is 0.0559. The van der Waals surface area contributed by atoms with Crippen molar-refractivity contribution in [3.63, 3.8) is 0 Å². The Morgan fingerprint density at radius 1 is 1.25 bits per heavy atom. The molecule has 1 heterocycles. The van der Waals surface area contributed by atoms with Crippen LogP contribution >= 0.6 is 0 Å². The zero-order valence-electron chi connectivity index (χ0n) is 13.8.